The molecule has 2 heterocycles. The molecule has 2 aromatic rings. The summed E-state index contributed by atoms with van der Waals surface area (Å²) in [6, 6.07) is 3.27. The van der Waals surface area contributed by atoms with Crippen LogP contribution in [0.3, 0.4) is 0 Å². The van der Waals surface area contributed by atoms with Crippen molar-refractivity contribution >= 4 is 39.3 Å². The smallest absolute Gasteiger partial charge is 0.304 e. The number of aromatic nitrogens is 1. The van der Waals surface area contributed by atoms with E-state index in [-0.39, 0.29) is 59.6 Å². The van der Waals surface area contributed by atoms with E-state index in [0.717, 1.165) is 16.4 Å². The van der Waals surface area contributed by atoms with Gasteiger partial charge < -0.3 is 14.2 Å². The molecule has 1 aromatic heterocycles. The van der Waals surface area contributed by atoms with Gasteiger partial charge in [0.15, 0.2) is 0 Å². The Bertz CT molecular complexity index is 1130. The molecular formula is C20H22Cl2FN3O6S. The number of carbonyl (C=O) groups excluding carboxylic acids is 1. The van der Waals surface area contributed by atoms with Gasteiger partial charge in [0.2, 0.25) is 5.88 Å². The van der Waals surface area contributed by atoms with Gasteiger partial charge in [-0.2, -0.15) is 12.7 Å². The summed E-state index contributed by atoms with van der Waals surface area (Å²) in [5.41, 5.74) is -0.558. The van der Waals surface area contributed by atoms with Gasteiger partial charge in [-0.05, 0) is 12.0 Å². The maximum atomic E-state index is 14.6. The van der Waals surface area contributed by atoms with Gasteiger partial charge in [-0.15, -0.1) is 0 Å². The molecule has 13 heteroatoms. The van der Waals surface area contributed by atoms with Crippen LogP contribution in [0, 0.1) is 11.7 Å². The van der Waals surface area contributed by atoms with Gasteiger partial charge in [0.05, 0.1) is 36.6 Å². The van der Waals surface area contributed by atoms with E-state index in [0.29, 0.717) is 6.61 Å². The van der Waals surface area contributed by atoms with Gasteiger partial charge in [0.1, 0.15) is 22.3 Å². The van der Waals surface area contributed by atoms with Crippen molar-refractivity contribution in [2.75, 3.05) is 32.9 Å². The molecule has 1 amide bonds. The lowest BCUT2D eigenvalue weighted by Gasteiger charge is -2.25. The summed E-state index contributed by atoms with van der Waals surface area (Å²) in [4.78, 5) is 16.5. The number of amides is 1. The summed E-state index contributed by atoms with van der Waals surface area (Å²) in [6.45, 7) is 4.94. The second kappa shape index (κ2) is 10.8. The van der Waals surface area contributed by atoms with E-state index in [4.69, 9.17) is 37.4 Å². The summed E-state index contributed by atoms with van der Waals surface area (Å²) in [5.74, 6) is -1.65. The fraction of sp³-hybridized carbons (Fsp3) is 0.400. The van der Waals surface area contributed by atoms with E-state index in [1.807, 2.05) is 18.6 Å². The van der Waals surface area contributed by atoms with E-state index in [2.05, 4.69) is 4.98 Å². The summed E-state index contributed by atoms with van der Waals surface area (Å²) in [6.07, 6.45) is 1.32. The number of hydrogen-bond acceptors (Lipinski definition) is 7. The van der Waals surface area contributed by atoms with Crippen molar-refractivity contribution in [2.45, 2.75) is 13.8 Å². The molecule has 180 valence electrons. The predicted octanol–water partition coefficient (Wildman–Crippen LogP) is 3.66. The predicted molar refractivity (Wildman–Crippen MR) is 120 cm³/mol. The summed E-state index contributed by atoms with van der Waals surface area (Å²) >= 11 is 12.3. The van der Waals surface area contributed by atoms with Crippen LogP contribution in [0.5, 0.6) is 17.4 Å². The van der Waals surface area contributed by atoms with Crippen molar-refractivity contribution in [3.8, 4) is 17.4 Å². The lowest BCUT2D eigenvalue weighted by molar-refractivity contribution is 0.0718. The van der Waals surface area contributed by atoms with E-state index >= 15 is 0 Å². The fourth-order valence-corrected chi connectivity index (χ4v) is 4.26. The monoisotopic (exact) mass is 521 g/mol. The van der Waals surface area contributed by atoms with Crippen LogP contribution in [-0.2, 0) is 14.9 Å². The van der Waals surface area contributed by atoms with Crippen LogP contribution in [0.25, 0.3) is 0 Å². The maximum absolute atomic E-state index is 14.6. The van der Waals surface area contributed by atoms with Gasteiger partial charge in [-0.3, -0.25) is 4.79 Å². The first-order valence-electron chi connectivity index (χ1n) is 9.92. The molecule has 0 saturated carbocycles. The van der Waals surface area contributed by atoms with Crippen molar-refractivity contribution in [2.24, 2.45) is 5.92 Å². The van der Waals surface area contributed by atoms with Gasteiger partial charge in [-0.25, -0.2) is 14.1 Å². The van der Waals surface area contributed by atoms with E-state index in [9.17, 15) is 17.6 Å². The first kappa shape index (κ1) is 25.4. The van der Waals surface area contributed by atoms with E-state index < -0.39 is 27.5 Å². The number of benzene rings is 1. The molecule has 0 aliphatic carbocycles. The molecular weight excluding hydrogens is 500 g/mol. The van der Waals surface area contributed by atoms with Gasteiger partial charge in [0, 0.05) is 25.2 Å². The Kier molecular flexibility index (Phi) is 8.35. The number of halogens is 3. The van der Waals surface area contributed by atoms with E-state index in [1.165, 1.54) is 12.3 Å². The Morgan fingerprint density at radius 2 is 1.94 bits per heavy atom. The second-order valence-corrected chi connectivity index (χ2v) is 9.96. The van der Waals surface area contributed by atoms with Gasteiger partial charge >= 0.3 is 10.2 Å². The zero-order chi connectivity index (χ0) is 24.2. The quantitative estimate of drug-likeness (QED) is 0.564. The zero-order valence-corrected chi connectivity index (χ0v) is 20.1. The Morgan fingerprint density at radius 3 is 2.58 bits per heavy atom. The number of nitrogens with one attached hydrogen (secondary N) is 1. The Balaban J connectivity index is 1.73. The van der Waals surface area contributed by atoms with Crippen LogP contribution >= 0.6 is 23.2 Å². The average Bonchev–Trinajstić information content (AvgIpc) is 2.75. The van der Waals surface area contributed by atoms with Crippen molar-refractivity contribution in [1.82, 2.24) is 14.0 Å². The minimum absolute atomic E-state index is 0.0799. The lowest BCUT2D eigenvalue weighted by Crippen LogP contribution is -2.48. The van der Waals surface area contributed by atoms with Crippen LogP contribution < -0.4 is 14.2 Å². The number of ether oxygens (including phenoxy) is 3. The number of nitrogens with zero attached hydrogens (tertiary/aromatic N) is 2. The summed E-state index contributed by atoms with van der Waals surface area (Å²) in [7, 11) is -4.16. The molecule has 0 bridgehead atoms. The first-order chi connectivity index (χ1) is 15.6. The molecule has 1 fully saturated rings. The number of hydrogen-bond donors (Lipinski definition) is 1. The van der Waals surface area contributed by atoms with Crippen molar-refractivity contribution in [3.05, 3.63) is 45.8 Å². The SMILES string of the molecule is CC(C)COc1ncc(Oc2cc(F)c(C(=O)NS(=O)(=O)N3CCOCC3)cc2Cl)cc1Cl. The minimum Gasteiger partial charge on any atom is -0.476 e. The Hall–Kier alpha value is -2.18. The number of rotatable bonds is 8. The highest BCUT2D eigenvalue weighted by atomic mass is 35.5. The van der Waals surface area contributed by atoms with Crippen molar-refractivity contribution in [3.63, 3.8) is 0 Å². The molecule has 0 unspecified atom stereocenters. The molecule has 0 atom stereocenters. The highest BCUT2D eigenvalue weighted by Gasteiger charge is 2.28. The third-order valence-electron chi connectivity index (χ3n) is 4.36. The second-order valence-electron chi connectivity index (χ2n) is 7.48. The molecule has 9 nitrogen and oxygen atoms in total. The highest BCUT2D eigenvalue weighted by Crippen LogP contribution is 2.34. The van der Waals surface area contributed by atoms with Gasteiger partial charge in [0.25, 0.3) is 5.91 Å². The third kappa shape index (κ3) is 6.67. The molecule has 33 heavy (non-hydrogen) atoms. The first-order valence-corrected chi connectivity index (χ1v) is 12.1. The zero-order valence-electron chi connectivity index (χ0n) is 17.8. The molecule has 1 saturated heterocycles. The Morgan fingerprint density at radius 1 is 1.24 bits per heavy atom. The Labute approximate surface area is 200 Å². The molecule has 0 radical (unpaired) electrons. The topological polar surface area (TPSA) is 107 Å². The van der Waals surface area contributed by atoms with Crippen LogP contribution in [0.2, 0.25) is 10.0 Å². The number of pyridine rings is 1. The fourth-order valence-electron chi connectivity index (χ4n) is 2.75. The van der Waals surface area contributed by atoms with Crippen LogP contribution in [0.1, 0.15) is 24.2 Å². The largest absolute Gasteiger partial charge is 0.476 e. The molecule has 1 aliphatic rings. The third-order valence-corrected chi connectivity index (χ3v) is 6.42. The van der Waals surface area contributed by atoms with Crippen molar-refractivity contribution < 1.29 is 31.8 Å². The molecule has 3 rings (SSSR count). The molecule has 1 aliphatic heterocycles. The highest BCUT2D eigenvalue weighted by molar-refractivity contribution is 7.87. The molecule has 0 spiro atoms. The molecule has 1 aromatic carbocycles. The van der Waals surface area contributed by atoms with Gasteiger partial charge in [-0.1, -0.05) is 37.0 Å². The van der Waals surface area contributed by atoms with Crippen LogP contribution in [-0.4, -0.2) is 56.5 Å². The average molecular weight is 522 g/mol. The maximum Gasteiger partial charge on any atom is 0.304 e. The lowest BCUT2D eigenvalue weighted by atomic mass is 10.2. The normalized spacial score (nSPS) is 14.8. The number of morpholine rings is 1. The summed E-state index contributed by atoms with van der Waals surface area (Å²) < 4.78 is 58.3. The minimum atomic E-state index is -4.16. The molecule has 1 N–H and O–H groups in total. The van der Waals surface area contributed by atoms with Crippen LogP contribution in [0.4, 0.5) is 4.39 Å². The van der Waals surface area contributed by atoms with Crippen LogP contribution in [0.15, 0.2) is 24.4 Å². The van der Waals surface area contributed by atoms with E-state index in [1.54, 1.807) is 0 Å². The van der Waals surface area contributed by atoms with Crippen molar-refractivity contribution in [1.29, 1.82) is 0 Å². The standard InChI is InChI=1S/C20H22Cl2FN3O6S/c1-12(2)11-31-20-16(22)7-13(10-24-20)32-18-9-17(23)14(8-15(18)21)19(27)25-33(28,29)26-3-5-30-6-4-26/h7-10,12H,3-6,11H2,1-2H3,(H,25,27). The summed E-state index contributed by atoms with van der Waals surface area (Å²) in [5, 5.41) is 0.0654. The number of carbonyl (C=O) groups is 1.